The van der Waals surface area contributed by atoms with Crippen LogP contribution in [0.4, 0.5) is 8.78 Å². The fourth-order valence-electron chi connectivity index (χ4n) is 2.99. The van der Waals surface area contributed by atoms with Gasteiger partial charge in [-0.3, -0.25) is 9.59 Å². The summed E-state index contributed by atoms with van der Waals surface area (Å²) in [7, 11) is 0. The number of rotatable bonds is 5. The van der Waals surface area contributed by atoms with Crippen LogP contribution >= 0.6 is 0 Å². The molecular weight excluding hydrogens is 390 g/mol. The summed E-state index contributed by atoms with van der Waals surface area (Å²) in [6.07, 6.45) is 7.36. The third kappa shape index (κ3) is 3.70. The minimum Gasteiger partial charge on any atom is -0.366 e. The number of aromatic nitrogens is 3. The zero-order valence-electron chi connectivity index (χ0n) is 15.4. The number of ketones is 1. The number of pyridine rings is 2. The molecule has 0 saturated heterocycles. The van der Waals surface area contributed by atoms with E-state index in [4.69, 9.17) is 5.73 Å². The molecular formula is C22H14F2N4O2. The number of carbonyl (C=O) groups excluding carboxylic acids is 2. The lowest BCUT2D eigenvalue weighted by atomic mass is 10.0. The number of nitrogens with one attached hydrogen (secondary N) is 1. The van der Waals surface area contributed by atoms with Gasteiger partial charge in [0.25, 0.3) is 0 Å². The molecule has 30 heavy (non-hydrogen) atoms. The highest BCUT2D eigenvalue weighted by Crippen LogP contribution is 2.26. The van der Waals surface area contributed by atoms with Crippen molar-refractivity contribution in [2.24, 2.45) is 5.73 Å². The van der Waals surface area contributed by atoms with E-state index in [1.807, 2.05) is 0 Å². The lowest BCUT2D eigenvalue weighted by Gasteiger charge is -2.06. The van der Waals surface area contributed by atoms with Crippen LogP contribution in [0.25, 0.3) is 28.2 Å². The Bertz CT molecular complexity index is 1310. The summed E-state index contributed by atoms with van der Waals surface area (Å²) in [6.45, 7) is 0. The lowest BCUT2D eigenvalue weighted by molar-refractivity contribution is -0.113. The molecule has 0 atom stereocenters. The first-order chi connectivity index (χ1) is 14.4. The van der Waals surface area contributed by atoms with Crippen molar-refractivity contribution in [3.05, 3.63) is 89.5 Å². The Kier molecular flexibility index (Phi) is 4.89. The van der Waals surface area contributed by atoms with Gasteiger partial charge in [-0.05, 0) is 42.5 Å². The summed E-state index contributed by atoms with van der Waals surface area (Å²) in [6, 6.07) is 7.76. The van der Waals surface area contributed by atoms with Gasteiger partial charge < -0.3 is 10.7 Å². The fourth-order valence-corrected chi connectivity index (χ4v) is 2.99. The van der Waals surface area contributed by atoms with Crippen LogP contribution in [0.15, 0.2) is 61.1 Å². The predicted molar refractivity (Wildman–Crippen MR) is 107 cm³/mol. The van der Waals surface area contributed by atoms with Crippen molar-refractivity contribution in [1.29, 1.82) is 0 Å². The number of hydrogen-bond acceptors (Lipinski definition) is 4. The summed E-state index contributed by atoms with van der Waals surface area (Å²) in [5.41, 5.74) is 7.18. The van der Waals surface area contributed by atoms with Crippen LogP contribution in [0, 0.1) is 11.6 Å². The van der Waals surface area contributed by atoms with Gasteiger partial charge in [-0.25, -0.2) is 18.7 Å². The van der Waals surface area contributed by atoms with Crippen LogP contribution in [-0.2, 0) is 4.79 Å². The Labute approximate surface area is 169 Å². The Morgan fingerprint density at radius 2 is 1.70 bits per heavy atom. The van der Waals surface area contributed by atoms with Crippen molar-refractivity contribution in [2.75, 3.05) is 0 Å². The molecule has 0 bridgehead atoms. The maximum atomic E-state index is 14.6. The average molecular weight is 404 g/mol. The average Bonchev–Trinajstić information content (AvgIpc) is 3.14. The van der Waals surface area contributed by atoms with Crippen LogP contribution in [0.3, 0.4) is 0 Å². The highest BCUT2D eigenvalue weighted by atomic mass is 19.1. The van der Waals surface area contributed by atoms with Crippen molar-refractivity contribution in [3.63, 3.8) is 0 Å². The van der Waals surface area contributed by atoms with Crippen molar-refractivity contribution >= 4 is 28.8 Å². The maximum Gasteiger partial charge on any atom is 0.241 e. The molecule has 0 unspecified atom stereocenters. The second kappa shape index (κ2) is 7.67. The molecule has 0 radical (unpaired) electrons. The first-order valence-corrected chi connectivity index (χ1v) is 8.83. The molecule has 3 aromatic heterocycles. The van der Waals surface area contributed by atoms with Gasteiger partial charge in [-0.2, -0.15) is 0 Å². The van der Waals surface area contributed by atoms with E-state index in [2.05, 4.69) is 15.0 Å². The van der Waals surface area contributed by atoms with Crippen molar-refractivity contribution < 1.29 is 18.4 Å². The molecule has 3 N–H and O–H groups in total. The zero-order valence-corrected chi connectivity index (χ0v) is 15.4. The van der Waals surface area contributed by atoms with Crippen LogP contribution in [0.1, 0.15) is 21.6 Å². The predicted octanol–water partition coefficient (Wildman–Crippen LogP) is 3.63. The molecule has 4 aromatic rings. The summed E-state index contributed by atoms with van der Waals surface area (Å²) in [5, 5.41) is 0.705. The fraction of sp³-hybridized carbons (Fsp3) is 0. The lowest BCUT2D eigenvalue weighted by Crippen LogP contribution is -2.07. The SMILES string of the molecule is NC(=O)C=Cc1c[nH]c2ncc(-c3cnc(C(=O)c4ccc(F)cc4)c(F)c3)cc12. The van der Waals surface area contributed by atoms with E-state index in [0.717, 1.165) is 12.1 Å². The molecule has 1 aromatic carbocycles. The Balaban J connectivity index is 1.69. The summed E-state index contributed by atoms with van der Waals surface area (Å²) in [4.78, 5) is 34.7. The minimum absolute atomic E-state index is 0.136. The topological polar surface area (TPSA) is 102 Å². The molecule has 1 amide bonds. The number of benzene rings is 1. The first kappa shape index (κ1) is 19.1. The van der Waals surface area contributed by atoms with Gasteiger partial charge in [0.15, 0.2) is 5.82 Å². The Morgan fingerprint density at radius 1 is 1.00 bits per heavy atom. The van der Waals surface area contributed by atoms with Gasteiger partial charge >= 0.3 is 0 Å². The smallest absolute Gasteiger partial charge is 0.241 e. The van der Waals surface area contributed by atoms with Gasteiger partial charge in [0.05, 0.1) is 0 Å². The van der Waals surface area contributed by atoms with E-state index in [-0.39, 0.29) is 11.3 Å². The third-order valence-electron chi connectivity index (χ3n) is 4.49. The number of amides is 1. The third-order valence-corrected chi connectivity index (χ3v) is 4.49. The van der Waals surface area contributed by atoms with E-state index in [1.165, 1.54) is 30.5 Å². The molecule has 6 nitrogen and oxygen atoms in total. The molecule has 4 rings (SSSR count). The number of H-pyrrole nitrogens is 1. The summed E-state index contributed by atoms with van der Waals surface area (Å²) < 4.78 is 27.7. The van der Waals surface area contributed by atoms with E-state index in [9.17, 15) is 18.4 Å². The van der Waals surface area contributed by atoms with E-state index < -0.39 is 23.3 Å². The van der Waals surface area contributed by atoms with Crippen LogP contribution in [-0.4, -0.2) is 26.6 Å². The van der Waals surface area contributed by atoms with Gasteiger partial charge in [0.1, 0.15) is 17.2 Å². The number of fused-ring (bicyclic) bond motifs is 1. The van der Waals surface area contributed by atoms with Gasteiger partial charge in [0, 0.05) is 52.3 Å². The number of halogens is 2. The van der Waals surface area contributed by atoms with Crippen molar-refractivity contribution in [2.45, 2.75) is 0 Å². The highest BCUT2D eigenvalue weighted by Gasteiger charge is 2.17. The Hall–Kier alpha value is -4.20. The Morgan fingerprint density at radius 3 is 2.40 bits per heavy atom. The summed E-state index contributed by atoms with van der Waals surface area (Å²) in [5.74, 6) is -2.52. The van der Waals surface area contributed by atoms with Crippen LogP contribution in [0.5, 0.6) is 0 Å². The second-order valence-electron chi connectivity index (χ2n) is 6.49. The van der Waals surface area contributed by atoms with Gasteiger partial charge in [0.2, 0.25) is 11.7 Å². The number of carbonyl (C=O) groups is 2. The second-order valence-corrected chi connectivity index (χ2v) is 6.49. The molecule has 0 aliphatic rings. The van der Waals surface area contributed by atoms with Gasteiger partial charge in [-0.15, -0.1) is 0 Å². The van der Waals surface area contributed by atoms with E-state index in [0.29, 0.717) is 27.7 Å². The van der Waals surface area contributed by atoms with E-state index >= 15 is 0 Å². The number of aromatic amines is 1. The number of nitrogens with two attached hydrogens (primary N) is 1. The quantitative estimate of drug-likeness (QED) is 0.392. The molecule has 0 fully saturated rings. The molecule has 0 saturated carbocycles. The molecule has 0 aliphatic heterocycles. The molecule has 3 heterocycles. The largest absolute Gasteiger partial charge is 0.366 e. The molecule has 0 aliphatic carbocycles. The number of primary amides is 1. The van der Waals surface area contributed by atoms with E-state index in [1.54, 1.807) is 24.5 Å². The van der Waals surface area contributed by atoms with Crippen molar-refractivity contribution in [3.8, 4) is 11.1 Å². The zero-order chi connectivity index (χ0) is 21.3. The molecule has 148 valence electrons. The minimum atomic E-state index is -0.801. The first-order valence-electron chi connectivity index (χ1n) is 8.83. The monoisotopic (exact) mass is 404 g/mol. The van der Waals surface area contributed by atoms with Crippen LogP contribution < -0.4 is 5.73 Å². The normalized spacial score (nSPS) is 11.3. The van der Waals surface area contributed by atoms with Crippen molar-refractivity contribution in [1.82, 2.24) is 15.0 Å². The van der Waals surface area contributed by atoms with Crippen LogP contribution in [0.2, 0.25) is 0 Å². The number of nitrogens with zero attached hydrogens (tertiary/aromatic N) is 2. The molecule has 0 spiro atoms. The van der Waals surface area contributed by atoms with Gasteiger partial charge in [-0.1, -0.05) is 0 Å². The molecule has 8 heteroatoms. The maximum absolute atomic E-state index is 14.6. The highest BCUT2D eigenvalue weighted by molar-refractivity contribution is 6.08. The summed E-state index contributed by atoms with van der Waals surface area (Å²) >= 11 is 0. The standard InChI is InChI=1S/C22H14F2N4O2/c23-16-4-1-12(2-5-16)21(30)20-18(24)8-15(10-26-20)14-7-17-13(3-6-19(25)29)9-27-22(17)28-11-14/h1-11H,(H2,25,29)(H,27,28). The number of hydrogen-bond donors (Lipinski definition) is 2.